The van der Waals surface area contributed by atoms with Crippen LogP contribution < -0.4 is 21.4 Å². The summed E-state index contributed by atoms with van der Waals surface area (Å²) in [5.41, 5.74) is 2.90. The van der Waals surface area contributed by atoms with Gasteiger partial charge in [-0.2, -0.15) is 0 Å². The van der Waals surface area contributed by atoms with E-state index in [4.69, 9.17) is 15.0 Å². The van der Waals surface area contributed by atoms with E-state index in [-0.39, 0.29) is 16.8 Å². The summed E-state index contributed by atoms with van der Waals surface area (Å²) >= 11 is 0. The zero-order valence-corrected chi connectivity index (χ0v) is 12.1. The number of nitrogens with two attached hydrogens (primary N) is 1. The van der Waals surface area contributed by atoms with Crippen LogP contribution in [0.5, 0.6) is 5.75 Å². The third kappa shape index (κ3) is 3.22. The van der Waals surface area contributed by atoms with E-state index in [9.17, 15) is 9.59 Å². The van der Waals surface area contributed by atoms with Gasteiger partial charge in [-0.3, -0.25) is 15.0 Å². The third-order valence-electron chi connectivity index (χ3n) is 3.30. The van der Waals surface area contributed by atoms with Crippen molar-refractivity contribution in [3.8, 4) is 5.75 Å². The van der Waals surface area contributed by atoms with Gasteiger partial charge >= 0.3 is 5.91 Å². The van der Waals surface area contributed by atoms with Crippen LogP contribution in [0.3, 0.4) is 0 Å². The maximum atomic E-state index is 12.0. The van der Waals surface area contributed by atoms with Crippen LogP contribution in [0.4, 0.5) is 0 Å². The van der Waals surface area contributed by atoms with Crippen molar-refractivity contribution in [2.75, 3.05) is 0 Å². The highest BCUT2D eigenvalue weighted by atomic mass is 16.5. The number of hydrogen-bond donors (Lipinski definition) is 2. The summed E-state index contributed by atoms with van der Waals surface area (Å²) in [5.74, 6) is 4.78. The predicted octanol–water partition coefficient (Wildman–Crippen LogP) is 1.98. The lowest BCUT2D eigenvalue weighted by molar-refractivity contribution is 0.0926. The van der Waals surface area contributed by atoms with E-state index in [0.29, 0.717) is 17.7 Å². The molecule has 0 fully saturated rings. The Balaban J connectivity index is 1.91. The minimum absolute atomic E-state index is 0.148. The highest BCUT2D eigenvalue weighted by molar-refractivity contribution is 5.92. The molecule has 2 aromatic carbocycles. The molecule has 0 saturated heterocycles. The second-order valence-corrected chi connectivity index (χ2v) is 4.88. The first kappa shape index (κ1) is 14.8. The van der Waals surface area contributed by atoms with Crippen molar-refractivity contribution in [2.24, 2.45) is 5.84 Å². The molecule has 3 rings (SSSR count). The molecule has 3 N–H and O–H groups in total. The van der Waals surface area contributed by atoms with E-state index in [1.165, 1.54) is 0 Å². The molecular formula is C17H14N2O4. The molecule has 6 nitrogen and oxygen atoms in total. The number of amides is 1. The molecule has 0 aliphatic heterocycles. The third-order valence-corrected chi connectivity index (χ3v) is 3.30. The number of hydrogen-bond acceptors (Lipinski definition) is 5. The molecule has 0 atom stereocenters. The monoisotopic (exact) mass is 310 g/mol. The largest absolute Gasteiger partial charge is 0.489 e. The summed E-state index contributed by atoms with van der Waals surface area (Å²) < 4.78 is 11.1. The smallest absolute Gasteiger partial charge is 0.301 e. The minimum atomic E-state index is -0.667. The molecule has 6 heteroatoms. The highest BCUT2D eigenvalue weighted by Gasteiger charge is 2.11. The van der Waals surface area contributed by atoms with Crippen LogP contribution in [-0.4, -0.2) is 5.91 Å². The number of carbonyl (C=O) groups excluding carboxylic acids is 1. The maximum Gasteiger partial charge on any atom is 0.301 e. The van der Waals surface area contributed by atoms with Gasteiger partial charge in [0.15, 0.2) is 11.2 Å². The molecule has 1 amide bonds. The minimum Gasteiger partial charge on any atom is -0.489 e. The van der Waals surface area contributed by atoms with Crippen LogP contribution in [0.25, 0.3) is 11.0 Å². The average molecular weight is 310 g/mol. The molecule has 23 heavy (non-hydrogen) atoms. The van der Waals surface area contributed by atoms with Crippen molar-refractivity contribution >= 4 is 16.9 Å². The van der Waals surface area contributed by atoms with Gasteiger partial charge in [-0.1, -0.05) is 30.3 Å². The number of carbonyl (C=O) groups is 1. The van der Waals surface area contributed by atoms with Crippen LogP contribution in [0.1, 0.15) is 16.1 Å². The molecule has 0 saturated carbocycles. The molecule has 0 aliphatic rings. The van der Waals surface area contributed by atoms with Crippen molar-refractivity contribution in [3.63, 3.8) is 0 Å². The summed E-state index contributed by atoms with van der Waals surface area (Å²) in [6, 6.07) is 15.7. The molecule has 0 unspecified atom stereocenters. The summed E-state index contributed by atoms with van der Waals surface area (Å²) in [4.78, 5) is 23.5. The quantitative estimate of drug-likeness (QED) is 0.436. The molecule has 1 aromatic heterocycles. The molecule has 116 valence electrons. The SMILES string of the molecule is NNC(=O)c1cc(=O)c2ccc(OCc3ccccc3)cc2o1. The lowest BCUT2D eigenvalue weighted by Gasteiger charge is -2.07. The normalized spacial score (nSPS) is 10.5. The topological polar surface area (TPSA) is 94.6 Å². The first-order valence-electron chi connectivity index (χ1n) is 6.93. The van der Waals surface area contributed by atoms with E-state index in [1.807, 2.05) is 35.8 Å². The Labute approximate surface area is 131 Å². The highest BCUT2D eigenvalue weighted by Crippen LogP contribution is 2.20. The van der Waals surface area contributed by atoms with Crippen LogP contribution in [0.15, 0.2) is 63.8 Å². The average Bonchev–Trinajstić information content (AvgIpc) is 2.59. The number of nitrogen functional groups attached to an aromatic ring is 1. The molecule has 0 aliphatic carbocycles. The Kier molecular flexibility index (Phi) is 4.07. The van der Waals surface area contributed by atoms with E-state index >= 15 is 0 Å². The van der Waals surface area contributed by atoms with Gasteiger partial charge < -0.3 is 9.15 Å². The zero-order chi connectivity index (χ0) is 16.2. The van der Waals surface area contributed by atoms with Gasteiger partial charge in [0.1, 0.15) is 17.9 Å². The molecule has 3 aromatic rings. The van der Waals surface area contributed by atoms with Gasteiger partial charge in [-0.05, 0) is 17.7 Å². The first-order chi connectivity index (χ1) is 11.2. The number of hydrazine groups is 1. The van der Waals surface area contributed by atoms with Gasteiger partial charge in [-0.25, -0.2) is 5.84 Å². The van der Waals surface area contributed by atoms with Gasteiger partial charge in [0.2, 0.25) is 0 Å². The fraction of sp³-hybridized carbons (Fsp3) is 0.0588. The summed E-state index contributed by atoms with van der Waals surface area (Å²) in [6.07, 6.45) is 0. The summed E-state index contributed by atoms with van der Waals surface area (Å²) in [6.45, 7) is 0.388. The Morgan fingerprint density at radius 3 is 2.65 bits per heavy atom. The zero-order valence-electron chi connectivity index (χ0n) is 12.1. The van der Waals surface area contributed by atoms with Gasteiger partial charge in [-0.15, -0.1) is 0 Å². The lowest BCUT2D eigenvalue weighted by Crippen LogP contribution is -2.30. The second kappa shape index (κ2) is 6.33. The maximum absolute atomic E-state index is 12.0. The van der Waals surface area contributed by atoms with E-state index in [0.717, 1.165) is 11.6 Å². The van der Waals surface area contributed by atoms with E-state index in [1.54, 1.807) is 18.2 Å². The number of nitrogens with one attached hydrogen (secondary N) is 1. The van der Waals surface area contributed by atoms with Crippen LogP contribution in [-0.2, 0) is 6.61 Å². The lowest BCUT2D eigenvalue weighted by atomic mass is 10.2. The number of ether oxygens (including phenoxy) is 1. The van der Waals surface area contributed by atoms with Crippen molar-refractivity contribution < 1.29 is 13.9 Å². The standard InChI is InChI=1S/C17H14N2O4/c18-19-17(21)16-9-14(20)13-7-6-12(8-15(13)23-16)22-10-11-4-2-1-3-5-11/h1-9H,10,18H2,(H,19,21). The fourth-order valence-electron chi connectivity index (χ4n) is 2.15. The van der Waals surface area contributed by atoms with Crippen molar-refractivity contribution in [3.05, 3.63) is 76.1 Å². The van der Waals surface area contributed by atoms with E-state index in [2.05, 4.69) is 0 Å². The Morgan fingerprint density at radius 2 is 1.91 bits per heavy atom. The van der Waals surface area contributed by atoms with Gasteiger partial charge in [0, 0.05) is 12.1 Å². The van der Waals surface area contributed by atoms with E-state index < -0.39 is 5.91 Å². The van der Waals surface area contributed by atoms with Crippen molar-refractivity contribution in [1.29, 1.82) is 0 Å². The Hall–Kier alpha value is -3.12. The Bertz CT molecular complexity index is 903. The van der Waals surface area contributed by atoms with Crippen LogP contribution in [0.2, 0.25) is 0 Å². The first-order valence-corrected chi connectivity index (χ1v) is 6.93. The van der Waals surface area contributed by atoms with Crippen LogP contribution >= 0.6 is 0 Å². The van der Waals surface area contributed by atoms with Gasteiger partial charge in [0.05, 0.1) is 5.39 Å². The molecular weight excluding hydrogens is 296 g/mol. The van der Waals surface area contributed by atoms with Gasteiger partial charge in [0.25, 0.3) is 0 Å². The molecule has 1 heterocycles. The molecule has 0 bridgehead atoms. The molecule has 0 spiro atoms. The fourth-order valence-corrected chi connectivity index (χ4v) is 2.15. The number of fused-ring (bicyclic) bond motifs is 1. The van der Waals surface area contributed by atoms with Crippen molar-refractivity contribution in [1.82, 2.24) is 5.43 Å². The summed E-state index contributed by atoms with van der Waals surface area (Å²) in [5, 5.41) is 0.366. The van der Waals surface area contributed by atoms with Crippen molar-refractivity contribution in [2.45, 2.75) is 6.61 Å². The number of benzene rings is 2. The van der Waals surface area contributed by atoms with Crippen LogP contribution in [0, 0.1) is 0 Å². The number of rotatable bonds is 4. The summed E-state index contributed by atoms with van der Waals surface area (Å²) in [7, 11) is 0. The molecule has 0 radical (unpaired) electrons. The second-order valence-electron chi connectivity index (χ2n) is 4.88. The Morgan fingerprint density at radius 1 is 1.13 bits per heavy atom. The predicted molar refractivity (Wildman–Crippen MR) is 84.9 cm³/mol.